The Hall–Kier alpha value is -1.53. The highest BCUT2D eigenvalue weighted by atomic mass is 32.2. The SMILES string of the molecule is CC.CC.CCC(CSc1ccccc1C(=O)OC)NCCC(=O)OC. The maximum atomic E-state index is 11.7. The molecule has 0 spiro atoms. The van der Waals surface area contributed by atoms with Crippen LogP contribution in [0.15, 0.2) is 29.2 Å². The predicted molar refractivity (Wildman–Crippen MR) is 110 cm³/mol. The number of rotatable bonds is 9. The summed E-state index contributed by atoms with van der Waals surface area (Å²) < 4.78 is 9.41. The van der Waals surface area contributed by atoms with Crippen molar-refractivity contribution in [2.75, 3.05) is 26.5 Å². The first-order chi connectivity index (χ1) is 12.6. The number of nitrogens with one attached hydrogen (secondary N) is 1. The highest BCUT2D eigenvalue weighted by Crippen LogP contribution is 2.24. The second-order valence-electron chi connectivity index (χ2n) is 4.68. The van der Waals surface area contributed by atoms with Gasteiger partial charge in [0, 0.05) is 23.2 Å². The fraction of sp³-hybridized carbons (Fsp3) is 0.600. The number of thioether (sulfide) groups is 1. The molecule has 5 nitrogen and oxygen atoms in total. The molecule has 26 heavy (non-hydrogen) atoms. The predicted octanol–water partition coefficient (Wildman–Crippen LogP) is 4.55. The van der Waals surface area contributed by atoms with Gasteiger partial charge in [0.1, 0.15) is 0 Å². The first-order valence-corrected chi connectivity index (χ1v) is 10.2. The molecule has 1 aromatic rings. The number of carbonyl (C=O) groups excluding carboxylic acids is 2. The first kappa shape index (κ1) is 26.7. The van der Waals surface area contributed by atoms with Gasteiger partial charge in [0.15, 0.2) is 0 Å². The van der Waals surface area contributed by atoms with Gasteiger partial charge in [-0.3, -0.25) is 4.79 Å². The van der Waals surface area contributed by atoms with Crippen molar-refractivity contribution in [2.24, 2.45) is 0 Å². The van der Waals surface area contributed by atoms with Crippen LogP contribution in [-0.2, 0) is 14.3 Å². The van der Waals surface area contributed by atoms with Crippen LogP contribution in [0.5, 0.6) is 0 Å². The smallest absolute Gasteiger partial charge is 0.338 e. The molecular weight excluding hydrogens is 350 g/mol. The lowest BCUT2D eigenvalue weighted by Crippen LogP contribution is -2.32. The standard InChI is InChI=1S/C16H23NO4S.2C2H6/c1-4-12(17-10-9-15(18)20-2)11-22-14-8-6-5-7-13(14)16(19)21-3;2*1-2/h5-8,12,17H,4,9-11H2,1-3H3;2*1-2H3. The molecule has 6 heteroatoms. The molecule has 1 unspecified atom stereocenters. The molecule has 1 aromatic carbocycles. The minimum absolute atomic E-state index is 0.217. The van der Waals surface area contributed by atoms with Crippen LogP contribution in [0, 0.1) is 0 Å². The molecule has 0 amide bonds. The van der Waals surface area contributed by atoms with Crippen LogP contribution in [0.4, 0.5) is 0 Å². The summed E-state index contributed by atoms with van der Waals surface area (Å²) in [4.78, 5) is 23.7. The monoisotopic (exact) mass is 385 g/mol. The molecule has 0 aliphatic heterocycles. The Morgan fingerprint density at radius 3 is 2.23 bits per heavy atom. The van der Waals surface area contributed by atoms with E-state index in [1.54, 1.807) is 17.8 Å². The van der Waals surface area contributed by atoms with Crippen molar-refractivity contribution in [1.29, 1.82) is 0 Å². The fourth-order valence-corrected chi connectivity index (χ4v) is 3.08. The van der Waals surface area contributed by atoms with Crippen LogP contribution in [0.2, 0.25) is 0 Å². The van der Waals surface area contributed by atoms with Gasteiger partial charge in [-0.1, -0.05) is 46.8 Å². The Morgan fingerprint density at radius 1 is 1.08 bits per heavy atom. The maximum Gasteiger partial charge on any atom is 0.338 e. The van der Waals surface area contributed by atoms with Gasteiger partial charge < -0.3 is 14.8 Å². The number of hydrogen-bond donors (Lipinski definition) is 1. The molecule has 150 valence electrons. The van der Waals surface area contributed by atoms with E-state index in [4.69, 9.17) is 4.74 Å². The second-order valence-corrected chi connectivity index (χ2v) is 5.75. The summed E-state index contributed by atoms with van der Waals surface area (Å²) in [6, 6.07) is 7.67. The van der Waals surface area contributed by atoms with E-state index in [1.807, 2.05) is 45.9 Å². The molecule has 0 heterocycles. The molecule has 0 aliphatic rings. The number of benzene rings is 1. The van der Waals surface area contributed by atoms with E-state index in [2.05, 4.69) is 17.0 Å². The summed E-state index contributed by atoms with van der Waals surface area (Å²) >= 11 is 1.61. The molecule has 1 rings (SSSR count). The molecule has 0 radical (unpaired) electrons. The second kappa shape index (κ2) is 18.3. The minimum Gasteiger partial charge on any atom is -0.469 e. The van der Waals surface area contributed by atoms with Gasteiger partial charge in [0.2, 0.25) is 0 Å². The van der Waals surface area contributed by atoms with Gasteiger partial charge in [-0.25, -0.2) is 4.79 Å². The Balaban J connectivity index is 0. The van der Waals surface area contributed by atoms with E-state index in [0.29, 0.717) is 18.5 Å². The molecule has 0 aliphatic carbocycles. The molecule has 0 fully saturated rings. The van der Waals surface area contributed by atoms with Crippen LogP contribution in [0.3, 0.4) is 0 Å². The van der Waals surface area contributed by atoms with Crippen LogP contribution < -0.4 is 5.32 Å². The van der Waals surface area contributed by atoms with E-state index in [1.165, 1.54) is 14.2 Å². The highest BCUT2D eigenvalue weighted by molar-refractivity contribution is 7.99. The average molecular weight is 386 g/mol. The Bertz CT molecular complexity index is 494. The van der Waals surface area contributed by atoms with Crippen molar-refractivity contribution < 1.29 is 19.1 Å². The van der Waals surface area contributed by atoms with E-state index in [0.717, 1.165) is 17.1 Å². The van der Waals surface area contributed by atoms with Crippen LogP contribution >= 0.6 is 11.8 Å². The number of methoxy groups -OCH3 is 2. The third kappa shape index (κ3) is 11.2. The van der Waals surface area contributed by atoms with Crippen molar-refractivity contribution in [2.45, 2.75) is 58.4 Å². The molecule has 0 bridgehead atoms. The van der Waals surface area contributed by atoms with Crippen molar-refractivity contribution >= 4 is 23.7 Å². The number of carbonyl (C=O) groups is 2. The Labute approximate surface area is 163 Å². The largest absolute Gasteiger partial charge is 0.469 e. The van der Waals surface area contributed by atoms with E-state index < -0.39 is 0 Å². The van der Waals surface area contributed by atoms with Gasteiger partial charge >= 0.3 is 11.9 Å². The summed E-state index contributed by atoms with van der Waals surface area (Å²) in [7, 11) is 2.77. The van der Waals surface area contributed by atoms with Gasteiger partial charge in [-0.05, 0) is 18.6 Å². The lowest BCUT2D eigenvalue weighted by Gasteiger charge is -2.17. The van der Waals surface area contributed by atoms with Crippen molar-refractivity contribution in [3.05, 3.63) is 29.8 Å². The van der Waals surface area contributed by atoms with Crippen LogP contribution in [-0.4, -0.2) is 44.5 Å². The zero-order valence-corrected chi connectivity index (χ0v) is 18.1. The topological polar surface area (TPSA) is 64.6 Å². The van der Waals surface area contributed by atoms with Gasteiger partial charge in [0.25, 0.3) is 0 Å². The van der Waals surface area contributed by atoms with E-state index in [9.17, 15) is 9.59 Å². The molecule has 0 saturated carbocycles. The average Bonchev–Trinajstić information content (AvgIpc) is 2.72. The summed E-state index contributed by atoms with van der Waals surface area (Å²) in [5, 5.41) is 3.33. The summed E-state index contributed by atoms with van der Waals surface area (Å²) in [5.74, 6) is 0.270. The van der Waals surface area contributed by atoms with Crippen molar-refractivity contribution in [3.8, 4) is 0 Å². The lowest BCUT2D eigenvalue weighted by atomic mass is 10.2. The molecule has 0 saturated heterocycles. The quantitative estimate of drug-likeness (QED) is 0.497. The third-order valence-electron chi connectivity index (χ3n) is 3.21. The summed E-state index contributed by atoms with van der Waals surface area (Å²) in [6.07, 6.45) is 1.30. The first-order valence-electron chi connectivity index (χ1n) is 9.22. The summed E-state index contributed by atoms with van der Waals surface area (Å²) in [5.41, 5.74) is 0.583. The zero-order chi connectivity index (χ0) is 20.4. The van der Waals surface area contributed by atoms with Crippen LogP contribution in [0.1, 0.15) is 57.8 Å². The number of hydrogen-bond acceptors (Lipinski definition) is 6. The van der Waals surface area contributed by atoms with E-state index in [-0.39, 0.29) is 18.0 Å². The van der Waals surface area contributed by atoms with Gasteiger partial charge in [-0.2, -0.15) is 0 Å². The maximum absolute atomic E-state index is 11.7. The molecule has 1 N–H and O–H groups in total. The number of esters is 2. The Morgan fingerprint density at radius 2 is 1.69 bits per heavy atom. The van der Waals surface area contributed by atoms with E-state index >= 15 is 0 Å². The minimum atomic E-state index is -0.324. The van der Waals surface area contributed by atoms with Crippen molar-refractivity contribution in [1.82, 2.24) is 5.32 Å². The Kier molecular flexibility index (Phi) is 18.8. The summed E-state index contributed by atoms with van der Waals surface area (Å²) in [6.45, 7) is 10.7. The number of ether oxygens (including phenoxy) is 2. The molecule has 0 aromatic heterocycles. The fourth-order valence-electron chi connectivity index (χ4n) is 1.86. The van der Waals surface area contributed by atoms with Crippen LogP contribution in [0.25, 0.3) is 0 Å². The lowest BCUT2D eigenvalue weighted by molar-refractivity contribution is -0.140. The molecule has 1 atom stereocenters. The highest BCUT2D eigenvalue weighted by Gasteiger charge is 2.13. The zero-order valence-electron chi connectivity index (χ0n) is 17.3. The van der Waals surface area contributed by atoms with Gasteiger partial charge in [0.05, 0.1) is 26.2 Å². The third-order valence-corrected chi connectivity index (χ3v) is 4.45. The van der Waals surface area contributed by atoms with Crippen molar-refractivity contribution in [3.63, 3.8) is 0 Å². The van der Waals surface area contributed by atoms with Gasteiger partial charge in [-0.15, -0.1) is 11.8 Å². The normalized spacial score (nSPS) is 10.4. The molecular formula is C20H35NO4S.